The summed E-state index contributed by atoms with van der Waals surface area (Å²) in [6.07, 6.45) is -17.0. The Balaban J connectivity index is 0. The Labute approximate surface area is 226 Å². The van der Waals surface area contributed by atoms with E-state index in [0.29, 0.717) is 17.8 Å². The summed E-state index contributed by atoms with van der Waals surface area (Å²) in [4.78, 5) is 0. The molecule has 0 bridgehead atoms. The van der Waals surface area contributed by atoms with E-state index in [1.807, 2.05) is 0 Å². The summed E-state index contributed by atoms with van der Waals surface area (Å²) < 4.78 is 250. The maximum Gasteiger partial charge on any atom is 0.438 e. The largest absolute Gasteiger partial charge is 1.00 e. The summed E-state index contributed by atoms with van der Waals surface area (Å²) in [6, 6.07) is 0. The average molecular weight is 754 g/mol. The quantitative estimate of drug-likeness (QED) is 0.136. The Morgan fingerprint density at radius 3 is 1.26 bits per heavy atom. The van der Waals surface area contributed by atoms with Crippen molar-refractivity contribution in [2.75, 3.05) is 33.2 Å². The fourth-order valence-electron chi connectivity index (χ4n) is 2.78. The molecule has 0 spiro atoms. The van der Waals surface area contributed by atoms with Crippen molar-refractivity contribution in [2.24, 2.45) is 0 Å². The molecule has 0 aliphatic rings. The molecule has 238 valence electrons. The maximum atomic E-state index is 14.0. The lowest BCUT2D eigenvalue weighted by atomic mass is 9.86. The minimum atomic E-state index is -8.95. The summed E-state index contributed by atoms with van der Waals surface area (Å²) in [6.45, 7) is 2.55. The topological polar surface area (TPSA) is 46.2 Å². The van der Waals surface area contributed by atoms with Crippen LogP contribution < -0.4 is 28.7 Å². The maximum absolute atomic E-state index is 14.0. The predicted octanol–water partition coefficient (Wildman–Crippen LogP) is 2.75. The van der Waals surface area contributed by atoms with Gasteiger partial charge in [0.2, 0.25) is 0 Å². The summed E-state index contributed by atoms with van der Waals surface area (Å²) in [7, 11) is -5.73. The van der Waals surface area contributed by atoms with Crippen molar-refractivity contribution in [3.8, 4) is 0 Å². The Morgan fingerprint density at radius 1 is 0.615 bits per heavy atom. The van der Waals surface area contributed by atoms with E-state index < -0.39 is 70.0 Å². The first-order chi connectivity index (χ1) is 16.3. The van der Waals surface area contributed by atoms with E-state index in [1.54, 1.807) is 13.8 Å². The third-order valence-corrected chi connectivity index (χ3v) is 7.31. The van der Waals surface area contributed by atoms with Gasteiger partial charge in [0.25, 0.3) is 10.0 Å². The SMILES string of the molecule is CC[N+](C)(CC)CCCNS(=O)(=O)C(F)(F)C(F)(F)C(F)(F)C(F)(F)C(F)(F)C(F)(C(F)(F)F)C(F)(F)F.[I-]. The van der Waals surface area contributed by atoms with Crippen LogP contribution in [-0.2, 0) is 10.0 Å². The summed E-state index contributed by atoms with van der Waals surface area (Å²) in [5.41, 5.74) is -8.69. The molecule has 0 atom stereocenters. The number of nitrogens with zero attached hydrogens (tertiary/aromatic N) is 1. The number of quaternary nitrogens is 1. The first-order valence-corrected chi connectivity index (χ1v) is 11.4. The fourth-order valence-corrected chi connectivity index (χ4v) is 3.84. The smallest absolute Gasteiger partial charge is 0.438 e. The van der Waals surface area contributed by atoms with Crippen molar-refractivity contribution < 1.29 is 112 Å². The molecule has 0 aliphatic heterocycles. The molecule has 1 N–H and O–H groups in total. The van der Waals surface area contributed by atoms with Crippen molar-refractivity contribution in [3.63, 3.8) is 0 Å². The van der Waals surface area contributed by atoms with Crippen molar-refractivity contribution in [2.45, 2.75) is 67.2 Å². The van der Waals surface area contributed by atoms with Gasteiger partial charge in [-0.1, -0.05) is 0 Å². The molecule has 0 fully saturated rings. The molecule has 39 heavy (non-hydrogen) atoms. The second kappa shape index (κ2) is 11.6. The number of alkyl halides is 17. The van der Waals surface area contributed by atoms with Crippen LogP contribution in [0, 0.1) is 0 Å². The van der Waals surface area contributed by atoms with Crippen LogP contribution in [0.1, 0.15) is 20.3 Å². The van der Waals surface area contributed by atoms with E-state index in [2.05, 4.69) is 0 Å². The monoisotopic (exact) mass is 754 g/mol. The van der Waals surface area contributed by atoms with Crippen LogP contribution in [0.4, 0.5) is 74.6 Å². The number of rotatable bonds is 13. The van der Waals surface area contributed by atoms with E-state index in [4.69, 9.17) is 0 Å². The van der Waals surface area contributed by atoms with Crippen molar-refractivity contribution >= 4 is 10.0 Å². The molecular formula is C16H20F17IN2O2S. The van der Waals surface area contributed by atoms with Gasteiger partial charge >= 0.3 is 47.0 Å². The zero-order valence-electron chi connectivity index (χ0n) is 19.5. The zero-order chi connectivity index (χ0) is 31.2. The Hall–Kier alpha value is -0.590. The van der Waals surface area contributed by atoms with Gasteiger partial charge in [0.1, 0.15) is 0 Å². The van der Waals surface area contributed by atoms with Crippen molar-refractivity contribution in [1.29, 1.82) is 0 Å². The van der Waals surface area contributed by atoms with Gasteiger partial charge < -0.3 is 28.5 Å². The molecule has 23 heteroatoms. The van der Waals surface area contributed by atoms with Crippen LogP contribution in [0.5, 0.6) is 0 Å². The van der Waals surface area contributed by atoms with E-state index >= 15 is 0 Å². The first kappa shape index (κ1) is 40.5. The highest BCUT2D eigenvalue weighted by Crippen LogP contribution is 2.65. The molecule has 0 heterocycles. The molecule has 0 saturated heterocycles. The third-order valence-electron chi connectivity index (χ3n) is 5.79. The standard InChI is InChI=1S/C16H20F17N2O2S.HI/c1-4-35(3,5-2)8-6-7-34-38(36,37)16(32,33)13(24,25)12(22,23)11(20,21)10(18,19)9(17,14(26,27)28)15(29,30)31;/h34H,4-8H2,1-3H3;1H/q+1;/p-1. The molecule has 0 aliphatic carbocycles. The normalized spacial score (nSPS) is 15.8. The van der Waals surface area contributed by atoms with Gasteiger partial charge in [-0.3, -0.25) is 0 Å². The van der Waals surface area contributed by atoms with Gasteiger partial charge in [0.15, 0.2) is 0 Å². The average Bonchev–Trinajstić information content (AvgIpc) is 2.73. The first-order valence-electron chi connectivity index (χ1n) is 9.87. The number of hydrogen-bond donors (Lipinski definition) is 1. The molecular weight excluding hydrogens is 734 g/mol. The highest BCUT2D eigenvalue weighted by Gasteiger charge is 2.97. The van der Waals surface area contributed by atoms with Crippen molar-refractivity contribution in [3.05, 3.63) is 0 Å². The van der Waals surface area contributed by atoms with Gasteiger partial charge in [0, 0.05) is 13.0 Å². The lowest BCUT2D eigenvalue weighted by Crippen LogP contribution is -3.00. The van der Waals surface area contributed by atoms with Gasteiger partial charge in [-0.15, -0.1) is 0 Å². The van der Waals surface area contributed by atoms with Crippen molar-refractivity contribution in [1.82, 2.24) is 4.72 Å². The molecule has 0 aromatic heterocycles. The molecule has 0 amide bonds. The molecule has 4 nitrogen and oxygen atoms in total. The summed E-state index contributed by atoms with van der Waals surface area (Å²) in [5, 5.41) is -7.56. The van der Waals surface area contributed by atoms with E-state index in [-0.39, 0.29) is 35.0 Å². The molecule has 0 rings (SSSR count). The molecule has 0 saturated carbocycles. The van der Waals surface area contributed by atoms with Crippen LogP contribution >= 0.6 is 0 Å². The Kier molecular flexibility index (Phi) is 12.1. The lowest BCUT2D eigenvalue weighted by Gasteiger charge is -2.44. The minimum absolute atomic E-state index is 0. The second-order valence-corrected chi connectivity index (χ2v) is 10.0. The highest BCUT2D eigenvalue weighted by atomic mass is 127. The van der Waals surface area contributed by atoms with Crippen LogP contribution in [0.15, 0.2) is 0 Å². The van der Waals surface area contributed by atoms with Crippen LogP contribution in [0.25, 0.3) is 0 Å². The lowest BCUT2D eigenvalue weighted by molar-refractivity contribution is -0.906. The predicted molar refractivity (Wildman–Crippen MR) is 94.4 cm³/mol. The number of halogens is 18. The van der Waals surface area contributed by atoms with Crippen LogP contribution in [0.2, 0.25) is 0 Å². The molecule has 0 unspecified atom stereocenters. The minimum Gasteiger partial charge on any atom is -1.00 e. The van der Waals surface area contributed by atoms with Gasteiger partial charge in [0.05, 0.1) is 26.7 Å². The highest BCUT2D eigenvalue weighted by molar-refractivity contribution is 7.90. The molecule has 0 aromatic rings. The van der Waals surface area contributed by atoms with Gasteiger partial charge in [-0.25, -0.2) is 17.5 Å². The third kappa shape index (κ3) is 6.28. The zero-order valence-corrected chi connectivity index (χ0v) is 22.5. The van der Waals surface area contributed by atoms with Crippen LogP contribution in [-0.4, -0.2) is 93.1 Å². The second-order valence-electron chi connectivity index (χ2n) is 8.20. The van der Waals surface area contributed by atoms with E-state index in [0.717, 1.165) is 0 Å². The Bertz CT molecular complexity index is 916. The molecule has 0 aromatic carbocycles. The fraction of sp³-hybridized carbons (Fsp3) is 1.00. The van der Waals surface area contributed by atoms with Crippen LogP contribution in [0.3, 0.4) is 0 Å². The summed E-state index contributed by atoms with van der Waals surface area (Å²) >= 11 is 0. The number of sulfonamides is 1. The Morgan fingerprint density at radius 2 is 0.949 bits per heavy atom. The number of nitrogens with one attached hydrogen (secondary N) is 1. The molecule has 0 radical (unpaired) electrons. The van der Waals surface area contributed by atoms with Gasteiger partial charge in [-0.05, 0) is 13.8 Å². The summed E-state index contributed by atoms with van der Waals surface area (Å²) in [5.74, 6) is -35.0. The van der Waals surface area contributed by atoms with E-state index in [9.17, 15) is 83.1 Å². The van der Waals surface area contributed by atoms with Gasteiger partial charge in [-0.2, -0.15) is 70.2 Å². The number of hydrogen-bond acceptors (Lipinski definition) is 2. The van der Waals surface area contributed by atoms with E-state index in [1.165, 1.54) is 7.05 Å².